The number of hydrogen-bond acceptors (Lipinski definition) is 3. The van der Waals surface area contributed by atoms with Crippen LogP contribution in [0.25, 0.3) is 0 Å². The fraction of sp³-hybridized carbons (Fsp3) is 0.545. The number of hydrogen-bond donors (Lipinski definition) is 1. The van der Waals surface area contributed by atoms with E-state index in [-0.39, 0.29) is 5.41 Å². The molecule has 3 heteroatoms. The van der Waals surface area contributed by atoms with E-state index in [0.29, 0.717) is 0 Å². The van der Waals surface area contributed by atoms with E-state index in [1.165, 1.54) is 5.56 Å². The number of fused-ring (bicyclic) bond motifs is 1. The lowest BCUT2D eigenvalue weighted by atomic mass is 9.87. The molecule has 1 aliphatic rings. The summed E-state index contributed by atoms with van der Waals surface area (Å²) in [5.41, 5.74) is 1.32. The molecular formula is C11H16N2O. The second-order valence-corrected chi connectivity index (χ2v) is 4.56. The van der Waals surface area contributed by atoms with Crippen molar-refractivity contribution in [2.75, 3.05) is 18.5 Å². The van der Waals surface area contributed by atoms with E-state index in [2.05, 4.69) is 31.1 Å². The molecule has 2 heterocycles. The van der Waals surface area contributed by atoms with Gasteiger partial charge in [0.15, 0.2) is 11.6 Å². The lowest BCUT2D eigenvalue weighted by Crippen LogP contribution is -2.23. The maximum Gasteiger partial charge on any atom is 0.169 e. The van der Waals surface area contributed by atoms with Gasteiger partial charge in [-0.3, -0.25) is 0 Å². The standard InChI is InChI=1S/C11H16N2O/c1-11(2,3)8-4-5-12-10-9(8)14-7-6-13-10/h4-5H,6-7H2,1-3H3,(H,12,13). The first-order valence-electron chi connectivity index (χ1n) is 4.95. The monoisotopic (exact) mass is 192 g/mol. The molecule has 0 saturated carbocycles. The maximum absolute atomic E-state index is 5.66. The van der Waals surface area contributed by atoms with Crippen LogP contribution in [0.15, 0.2) is 12.3 Å². The highest BCUT2D eigenvalue weighted by atomic mass is 16.5. The fourth-order valence-corrected chi connectivity index (χ4v) is 1.63. The summed E-state index contributed by atoms with van der Waals surface area (Å²) in [6, 6.07) is 2.03. The minimum Gasteiger partial charge on any atom is -0.488 e. The largest absolute Gasteiger partial charge is 0.488 e. The number of ether oxygens (including phenoxy) is 1. The molecule has 0 spiro atoms. The van der Waals surface area contributed by atoms with Gasteiger partial charge in [0.25, 0.3) is 0 Å². The molecule has 0 radical (unpaired) electrons. The first kappa shape index (κ1) is 9.31. The Morgan fingerprint density at radius 2 is 2.21 bits per heavy atom. The van der Waals surface area contributed by atoms with Crippen molar-refractivity contribution in [3.8, 4) is 5.75 Å². The molecule has 76 valence electrons. The normalized spacial score (nSPS) is 15.4. The third-order valence-electron chi connectivity index (χ3n) is 2.35. The molecule has 0 aromatic carbocycles. The van der Waals surface area contributed by atoms with Gasteiger partial charge < -0.3 is 10.1 Å². The highest BCUT2D eigenvalue weighted by molar-refractivity contribution is 5.57. The number of nitrogens with zero attached hydrogens (tertiary/aromatic N) is 1. The Labute approximate surface area is 84.5 Å². The van der Waals surface area contributed by atoms with Gasteiger partial charge >= 0.3 is 0 Å². The van der Waals surface area contributed by atoms with Gasteiger partial charge in [-0.1, -0.05) is 20.8 Å². The third-order valence-corrected chi connectivity index (χ3v) is 2.35. The predicted octanol–water partition coefficient (Wildman–Crippen LogP) is 2.18. The number of nitrogens with one attached hydrogen (secondary N) is 1. The quantitative estimate of drug-likeness (QED) is 0.684. The minimum atomic E-state index is 0.103. The summed E-state index contributed by atoms with van der Waals surface area (Å²) < 4.78 is 5.66. The van der Waals surface area contributed by atoms with Crippen LogP contribution in [0.5, 0.6) is 5.75 Å². The molecule has 0 saturated heterocycles. The molecule has 2 rings (SSSR count). The van der Waals surface area contributed by atoms with Crippen molar-refractivity contribution in [1.82, 2.24) is 4.98 Å². The van der Waals surface area contributed by atoms with Gasteiger partial charge in [-0.25, -0.2) is 4.98 Å². The Kier molecular flexibility index (Phi) is 2.10. The number of anilines is 1. The molecule has 0 unspecified atom stereocenters. The van der Waals surface area contributed by atoms with Gasteiger partial charge in [0.2, 0.25) is 0 Å². The Hall–Kier alpha value is -1.25. The molecule has 1 N–H and O–H groups in total. The van der Waals surface area contributed by atoms with Crippen LogP contribution < -0.4 is 10.1 Å². The van der Waals surface area contributed by atoms with Crippen molar-refractivity contribution >= 4 is 5.82 Å². The van der Waals surface area contributed by atoms with E-state index in [4.69, 9.17) is 4.74 Å². The summed E-state index contributed by atoms with van der Waals surface area (Å²) in [5, 5.41) is 3.24. The Bertz CT molecular complexity index is 342. The van der Waals surface area contributed by atoms with Crippen LogP contribution in [-0.4, -0.2) is 18.1 Å². The van der Waals surface area contributed by atoms with Crippen molar-refractivity contribution in [3.63, 3.8) is 0 Å². The third kappa shape index (κ3) is 1.54. The van der Waals surface area contributed by atoms with Gasteiger partial charge in [0.05, 0.1) is 6.54 Å². The summed E-state index contributed by atoms with van der Waals surface area (Å²) >= 11 is 0. The van der Waals surface area contributed by atoms with Crippen LogP contribution >= 0.6 is 0 Å². The summed E-state index contributed by atoms with van der Waals surface area (Å²) in [6.45, 7) is 8.11. The van der Waals surface area contributed by atoms with Crippen molar-refractivity contribution in [3.05, 3.63) is 17.8 Å². The first-order valence-corrected chi connectivity index (χ1v) is 4.95. The van der Waals surface area contributed by atoms with Gasteiger partial charge in [-0.05, 0) is 11.5 Å². The van der Waals surface area contributed by atoms with E-state index in [1.807, 2.05) is 12.3 Å². The van der Waals surface area contributed by atoms with E-state index < -0.39 is 0 Å². The van der Waals surface area contributed by atoms with Crippen molar-refractivity contribution in [1.29, 1.82) is 0 Å². The van der Waals surface area contributed by atoms with Crippen LogP contribution in [-0.2, 0) is 5.41 Å². The predicted molar refractivity (Wildman–Crippen MR) is 56.9 cm³/mol. The highest BCUT2D eigenvalue weighted by Crippen LogP contribution is 2.36. The van der Waals surface area contributed by atoms with E-state index in [9.17, 15) is 0 Å². The average Bonchev–Trinajstić information content (AvgIpc) is 2.15. The van der Waals surface area contributed by atoms with E-state index in [1.54, 1.807) is 0 Å². The fourth-order valence-electron chi connectivity index (χ4n) is 1.63. The molecule has 0 fully saturated rings. The number of rotatable bonds is 0. The summed E-state index contributed by atoms with van der Waals surface area (Å²) in [7, 11) is 0. The zero-order chi connectivity index (χ0) is 10.2. The first-order chi connectivity index (χ1) is 6.59. The van der Waals surface area contributed by atoms with Crippen molar-refractivity contribution in [2.24, 2.45) is 0 Å². The molecule has 0 aliphatic carbocycles. The second-order valence-electron chi connectivity index (χ2n) is 4.56. The van der Waals surface area contributed by atoms with Crippen LogP contribution in [0.4, 0.5) is 5.82 Å². The summed E-state index contributed by atoms with van der Waals surface area (Å²) in [5.74, 6) is 1.80. The molecule has 14 heavy (non-hydrogen) atoms. The average molecular weight is 192 g/mol. The Morgan fingerprint density at radius 1 is 1.43 bits per heavy atom. The summed E-state index contributed by atoms with van der Waals surface area (Å²) in [6.07, 6.45) is 1.83. The molecule has 1 aromatic rings. The van der Waals surface area contributed by atoms with Crippen molar-refractivity contribution < 1.29 is 4.74 Å². The molecule has 0 bridgehead atoms. The second kappa shape index (κ2) is 3.15. The van der Waals surface area contributed by atoms with Crippen LogP contribution in [0, 0.1) is 0 Å². The Balaban J connectivity index is 2.51. The molecule has 1 aromatic heterocycles. The van der Waals surface area contributed by atoms with E-state index >= 15 is 0 Å². The SMILES string of the molecule is CC(C)(C)c1ccnc2c1OCCN2. The van der Waals surface area contributed by atoms with Crippen LogP contribution in [0.2, 0.25) is 0 Å². The van der Waals surface area contributed by atoms with Gasteiger partial charge in [-0.2, -0.15) is 0 Å². The highest BCUT2D eigenvalue weighted by Gasteiger charge is 2.23. The Morgan fingerprint density at radius 3 is 2.93 bits per heavy atom. The van der Waals surface area contributed by atoms with Gasteiger partial charge in [-0.15, -0.1) is 0 Å². The minimum absolute atomic E-state index is 0.103. The van der Waals surface area contributed by atoms with Crippen LogP contribution in [0.3, 0.4) is 0 Å². The summed E-state index contributed by atoms with van der Waals surface area (Å²) in [4.78, 5) is 4.26. The molecule has 0 amide bonds. The lowest BCUT2D eigenvalue weighted by molar-refractivity contribution is 0.312. The molecule has 3 nitrogen and oxygen atoms in total. The number of aromatic nitrogens is 1. The van der Waals surface area contributed by atoms with E-state index in [0.717, 1.165) is 24.7 Å². The maximum atomic E-state index is 5.66. The zero-order valence-electron chi connectivity index (χ0n) is 8.92. The smallest absolute Gasteiger partial charge is 0.169 e. The molecule has 1 aliphatic heterocycles. The zero-order valence-corrected chi connectivity index (χ0v) is 8.92. The lowest BCUT2D eigenvalue weighted by Gasteiger charge is -2.26. The number of pyridine rings is 1. The van der Waals surface area contributed by atoms with Crippen molar-refractivity contribution in [2.45, 2.75) is 26.2 Å². The molecular weight excluding hydrogens is 176 g/mol. The topological polar surface area (TPSA) is 34.1 Å². The molecule has 0 atom stereocenters. The van der Waals surface area contributed by atoms with Crippen LogP contribution in [0.1, 0.15) is 26.3 Å². The van der Waals surface area contributed by atoms with Gasteiger partial charge in [0, 0.05) is 11.8 Å². The van der Waals surface area contributed by atoms with Gasteiger partial charge in [0.1, 0.15) is 6.61 Å².